The Bertz CT molecular complexity index is 1110. The van der Waals surface area contributed by atoms with Crippen molar-refractivity contribution in [1.82, 2.24) is 10.4 Å². The predicted octanol–water partition coefficient (Wildman–Crippen LogP) is 4.43. The summed E-state index contributed by atoms with van der Waals surface area (Å²) >= 11 is 0. The van der Waals surface area contributed by atoms with Gasteiger partial charge < -0.3 is 4.74 Å². The highest BCUT2D eigenvalue weighted by Gasteiger charge is 2.22. The van der Waals surface area contributed by atoms with Crippen LogP contribution in [0.5, 0.6) is 5.75 Å². The van der Waals surface area contributed by atoms with Crippen molar-refractivity contribution in [3.63, 3.8) is 0 Å². The molecule has 8 heteroatoms. The van der Waals surface area contributed by atoms with Crippen LogP contribution in [0.25, 0.3) is 11.1 Å². The number of hydrazine groups is 1. The minimum atomic E-state index is -0.451. The van der Waals surface area contributed by atoms with Crippen molar-refractivity contribution in [1.29, 1.82) is 0 Å². The van der Waals surface area contributed by atoms with E-state index >= 15 is 0 Å². The maximum Gasteiger partial charge on any atom is 0.279 e. The average Bonchev–Trinajstić information content (AvgIpc) is 2.82. The molecule has 0 unspecified atom stereocenters. The molecule has 0 aliphatic carbocycles. The zero-order valence-electron chi connectivity index (χ0n) is 18.7. The van der Waals surface area contributed by atoms with Crippen LogP contribution in [-0.4, -0.2) is 36.6 Å². The van der Waals surface area contributed by atoms with Crippen LogP contribution in [0.2, 0.25) is 0 Å². The molecule has 0 radical (unpaired) electrons. The van der Waals surface area contributed by atoms with Crippen molar-refractivity contribution >= 4 is 17.5 Å². The minimum absolute atomic E-state index is 0.312. The number of anilines is 1. The molecule has 33 heavy (non-hydrogen) atoms. The molecule has 3 rings (SSSR count). The van der Waals surface area contributed by atoms with Gasteiger partial charge in [-0.05, 0) is 50.2 Å². The molecule has 0 heterocycles. The van der Waals surface area contributed by atoms with E-state index in [1.165, 1.54) is 30.3 Å². The maximum absolute atomic E-state index is 14.1. The number of nitrogens with zero attached hydrogens (tertiary/aromatic N) is 1. The van der Waals surface area contributed by atoms with Crippen LogP contribution in [0.15, 0.2) is 72.8 Å². The highest BCUT2D eigenvalue weighted by molar-refractivity contribution is 5.95. The van der Waals surface area contributed by atoms with Crippen molar-refractivity contribution in [2.24, 2.45) is 0 Å². The van der Waals surface area contributed by atoms with E-state index in [-0.39, 0.29) is 12.6 Å². The van der Waals surface area contributed by atoms with E-state index in [0.29, 0.717) is 28.1 Å². The monoisotopic (exact) mass is 451 g/mol. The number of ether oxygens (including phenoxy) is 1. The van der Waals surface area contributed by atoms with Crippen LogP contribution in [0.1, 0.15) is 24.2 Å². The first-order valence-corrected chi connectivity index (χ1v) is 10.4. The largest absolute Gasteiger partial charge is 0.483 e. The number of halogens is 1. The number of carbonyl (C=O) groups excluding carboxylic acids is 2. The minimum Gasteiger partial charge on any atom is -0.483 e. The summed E-state index contributed by atoms with van der Waals surface area (Å²) in [6.45, 7) is 3.20. The smallest absolute Gasteiger partial charge is 0.279 e. The standard InChI is InChI=1S/C25H26FN3O4/c1-17(2)29(27-25(31)18-9-5-4-6-10-18)24(30)16-33-23-14-13-19(26)15-21(23)20-11-7-8-12-22(20)28-32-3/h4-15,17,28H,16H2,1-3H3,(H,27,31). The first-order valence-electron chi connectivity index (χ1n) is 10.4. The summed E-state index contributed by atoms with van der Waals surface area (Å²) in [6.07, 6.45) is 0. The number of benzene rings is 3. The van der Waals surface area contributed by atoms with Crippen molar-refractivity contribution in [3.8, 4) is 16.9 Å². The summed E-state index contributed by atoms with van der Waals surface area (Å²) in [5.74, 6) is -0.990. The van der Waals surface area contributed by atoms with E-state index in [0.717, 1.165) is 0 Å². The number of para-hydroxylation sites is 1. The van der Waals surface area contributed by atoms with Gasteiger partial charge in [-0.25, -0.2) is 9.40 Å². The van der Waals surface area contributed by atoms with Gasteiger partial charge in [0.05, 0.1) is 12.8 Å². The molecule has 0 aliphatic heterocycles. The van der Waals surface area contributed by atoms with Gasteiger partial charge in [0.2, 0.25) is 0 Å². The average molecular weight is 451 g/mol. The summed E-state index contributed by atoms with van der Waals surface area (Å²) in [7, 11) is 1.47. The number of nitrogens with one attached hydrogen (secondary N) is 2. The predicted molar refractivity (Wildman–Crippen MR) is 124 cm³/mol. The quantitative estimate of drug-likeness (QED) is 0.496. The maximum atomic E-state index is 14.1. The summed E-state index contributed by atoms with van der Waals surface area (Å²) in [5, 5.41) is 1.22. The molecule has 7 nitrogen and oxygen atoms in total. The molecular weight excluding hydrogens is 425 g/mol. The highest BCUT2D eigenvalue weighted by atomic mass is 19.1. The normalized spacial score (nSPS) is 10.6. The van der Waals surface area contributed by atoms with Crippen molar-refractivity contribution < 1.29 is 23.6 Å². The Morgan fingerprint density at radius 1 is 0.970 bits per heavy atom. The molecular formula is C25H26FN3O4. The lowest BCUT2D eigenvalue weighted by Gasteiger charge is -2.27. The number of carbonyl (C=O) groups is 2. The van der Waals surface area contributed by atoms with Crippen LogP contribution < -0.4 is 15.6 Å². The van der Waals surface area contributed by atoms with E-state index < -0.39 is 17.6 Å². The third-order valence-corrected chi connectivity index (χ3v) is 4.77. The Morgan fingerprint density at radius 2 is 1.67 bits per heavy atom. The number of hydrogen-bond acceptors (Lipinski definition) is 5. The summed E-state index contributed by atoms with van der Waals surface area (Å²) < 4.78 is 19.8. The van der Waals surface area contributed by atoms with Crippen LogP contribution >= 0.6 is 0 Å². The van der Waals surface area contributed by atoms with Gasteiger partial charge in [-0.2, -0.15) is 0 Å². The first kappa shape index (κ1) is 23.7. The van der Waals surface area contributed by atoms with Gasteiger partial charge in [-0.15, -0.1) is 0 Å². The number of rotatable bonds is 8. The van der Waals surface area contributed by atoms with Gasteiger partial charge in [0.15, 0.2) is 6.61 Å². The molecule has 3 aromatic carbocycles. The van der Waals surface area contributed by atoms with E-state index in [1.807, 2.05) is 6.07 Å². The molecule has 2 amide bonds. The topological polar surface area (TPSA) is 79.9 Å². The van der Waals surface area contributed by atoms with Crippen LogP contribution in [0.3, 0.4) is 0 Å². The molecule has 0 atom stereocenters. The van der Waals surface area contributed by atoms with Crippen LogP contribution in [-0.2, 0) is 9.63 Å². The molecule has 0 saturated heterocycles. The van der Waals surface area contributed by atoms with E-state index in [4.69, 9.17) is 9.57 Å². The summed E-state index contributed by atoms with van der Waals surface area (Å²) in [6, 6.07) is 19.5. The number of amides is 2. The van der Waals surface area contributed by atoms with Crippen molar-refractivity contribution in [3.05, 3.63) is 84.2 Å². The Hall–Kier alpha value is -3.91. The lowest BCUT2D eigenvalue weighted by molar-refractivity contribution is -0.137. The molecule has 0 saturated carbocycles. The fourth-order valence-corrected chi connectivity index (χ4v) is 3.21. The molecule has 0 fully saturated rings. The second-order valence-electron chi connectivity index (χ2n) is 7.45. The number of hydrogen-bond donors (Lipinski definition) is 2. The first-order chi connectivity index (χ1) is 15.9. The van der Waals surface area contributed by atoms with Crippen LogP contribution in [0.4, 0.5) is 10.1 Å². The Balaban J connectivity index is 1.78. The van der Waals surface area contributed by atoms with Gasteiger partial charge in [-0.1, -0.05) is 36.4 Å². The Labute approximate surface area is 192 Å². The van der Waals surface area contributed by atoms with Gasteiger partial charge in [0.1, 0.15) is 11.6 Å². The van der Waals surface area contributed by atoms with E-state index in [2.05, 4.69) is 10.9 Å². The van der Waals surface area contributed by atoms with E-state index in [9.17, 15) is 14.0 Å². The lowest BCUT2D eigenvalue weighted by atomic mass is 10.0. The zero-order valence-corrected chi connectivity index (χ0v) is 18.7. The molecule has 0 aliphatic rings. The third-order valence-electron chi connectivity index (χ3n) is 4.77. The fraction of sp³-hybridized carbons (Fsp3) is 0.200. The molecule has 3 aromatic rings. The zero-order chi connectivity index (χ0) is 23.8. The van der Waals surface area contributed by atoms with Gasteiger partial charge >= 0.3 is 0 Å². The summed E-state index contributed by atoms with van der Waals surface area (Å²) in [4.78, 5) is 30.4. The Morgan fingerprint density at radius 3 is 2.36 bits per heavy atom. The Kier molecular flexibility index (Phi) is 7.99. The van der Waals surface area contributed by atoms with Gasteiger partial charge in [0, 0.05) is 22.7 Å². The summed E-state index contributed by atoms with van der Waals surface area (Å²) in [5.41, 5.74) is 7.52. The SMILES string of the molecule is CONc1ccccc1-c1cc(F)ccc1OCC(=O)N(NC(=O)c1ccccc1)C(C)C. The second kappa shape index (κ2) is 11.1. The van der Waals surface area contributed by atoms with E-state index in [1.54, 1.807) is 62.4 Å². The molecule has 2 N–H and O–H groups in total. The lowest BCUT2D eigenvalue weighted by Crippen LogP contribution is -2.51. The molecule has 0 bridgehead atoms. The molecule has 0 spiro atoms. The van der Waals surface area contributed by atoms with Crippen LogP contribution in [0, 0.1) is 5.82 Å². The fourth-order valence-electron chi connectivity index (χ4n) is 3.21. The highest BCUT2D eigenvalue weighted by Crippen LogP contribution is 2.35. The molecule has 172 valence electrons. The van der Waals surface area contributed by atoms with Crippen molar-refractivity contribution in [2.45, 2.75) is 19.9 Å². The van der Waals surface area contributed by atoms with Gasteiger partial charge in [0.25, 0.3) is 11.8 Å². The third kappa shape index (κ3) is 6.08. The molecule has 0 aromatic heterocycles. The van der Waals surface area contributed by atoms with Crippen molar-refractivity contribution in [2.75, 3.05) is 19.2 Å². The van der Waals surface area contributed by atoms with Gasteiger partial charge in [-0.3, -0.25) is 25.3 Å². The second-order valence-corrected chi connectivity index (χ2v) is 7.45.